The smallest absolute Gasteiger partial charge is 0.314 e. The van der Waals surface area contributed by atoms with Crippen LogP contribution in [0.5, 0.6) is 0 Å². The van der Waals surface area contributed by atoms with Gasteiger partial charge in [0.05, 0.1) is 0 Å². The first kappa shape index (κ1) is 12.2. The molecule has 0 fully saturated rings. The molecule has 3 N–H and O–H groups in total. The van der Waals surface area contributed by atoms with Crippen LogP contribution in [0.25, 0.3) is 0 Å². The summed E-state index contributed by atoms with van der Waals surface area (Å²) in [6, 6.07) is -0.0713. The number of hydrogen-bond acceptors (Lipinski definition) is 2. The van der Waals surface area contributed by atoms with Gasteiger partial charge in [0, 0.05) is 13.1 Å². The monoisotopic (exact) mass is 187 g/mol. The Bertz CT molecular complexity index is 128. The molecule has 0 aliphatic rings. The van der Waals surface area contributed by atoms with Gasteiger partial charge < -0.3 is 16.0 Å². The Morgan fingerprint density at radius 3 is 2.46 bits per heavy atom. The average Bonchev–Trinajstić information content (AvgIpc) is 2.11. The van der Waals surface area contributed by atoms with Gasteiger partial charge in [0.2, 0.25) is 0 Å². The Morgan fingerprint density at radius 2 is 1.85 bits per heavy atom. The van der Waals surface area contributed by atoms with E-state index >= 15 is 0 Å². The van der Waals surface area contributed by atoms with E-state index in [2.05, 4.69) is 22.9 Å². The lowest BCUT2D eigenvalue weighted by atomic mass is 10.4. The highest BCUT2D eigenvalue weighted by Crippen LogP contribution is 1.75. The van der Waals surface area contributed by atoms with E-state index in [9.17, 15) is 4.79 Å². The maximum absolute atomic E-state index is 10.9. The second-order valence-corrected chi connectivity index (χ2v) is 2.89. The summed E-state index contributed by atoms with van der Waals surface area (Å²) >= 11 is 0. The van der Waals surface area contributed by atoms with Crippen molar-refractivity contribution in [1.29, 1.82) is 0 Å². The van der Waals surface area contributed by atoms with Crippen molar-refractivity contribution < 1.29 is 4.79 Å². The number of rotatable bonds is 7. The number of amides is 2. The van der Waals surface area contributed by atoms with Crippen molar-refractivity contribution in [2.45, 2.75) is 26.7 Å². The molecule has 13 heavy (non-hydrogen) atoms. The first-order valence-electron chi connectivity index (χ1n) is 5.03. The molecule has 0 heterocycles. The van der Waals surface area contributed by atoms with Gasteiger partial charge in [-0.3, -0.25) is 0 Å². The van der Waals surface area contributed by atoms with Crippen molar-refractivity contribution >= 4 is 6.03 Å². The van der Waals surface area contributed by atoms with Crippen LogP contribution in [0, 0.1) is 0 Å². The molecule has 0 saturated heterocycles. The standard InChI is InChI=1S/C9H21N3O/c1-3-6-10-7-5-8-12-9(13)11-4-2/h10H,3-8H2,1-2H3,(H2,11,12,13). The Kier molecular flexibility index (Phi) is 8.77. The molecule has 0 spiro atoms. The predicted octanol–water partition coefficient (Wildman–Crippen LogP) is 0.695. The molecule has 0 aromatic carbocycles. The quantitative estimate of drug-likeness (QED) is 0.514. The Morgan fingerprint density at radius 1 is 1.08 bits per heavy atom. The summed E-state index contributed by atoms with van der Waals surface area (Å²) < 4.78 is 0. The molecular formula is C9H21N3O. The van der Waals surface area contributed by atoms with Gasteiger partial charge in [0.15, 0.2) is 0 Å². The van der Waals surface area contributed by atoms with Crippen molar-refractivity contribution in [3.63, 3.8) is 0 Å². The van der Waals surface area contributed by atoms with Crippen LogP contribution in [0.2, 0.25) is 0 Å². The third-order valence-corrected chi connectivity index (χ3v) is 1.58. The summed E-state index contributed by atoms with van der Waals surface area (Å²) in [6.07, 6.45) is 2.14. The van der Waals surface area contributed by atoms with E-state index in [4.69, 9.17) is 0 Å². The second kappa shape index (κ2) is 9.32. The van der Waals surface area contributed by atoms with E-state index in [1.165, 1.54) is 0 Å². The summed E-state index contributed by atoms with van der Waals surface area (Å²) in [5.41, 5.74) is 0. The Labute approximate surface area is 80.5 Å². The highest BCUT2D eigenvalue weighted by atomic mass is 16.2. The Hall–Kier alpha value is -0.770. The zero-order valence-corrected chi connectivity index (χ0v) is 8.65. The average molecular weight is 187 g/mol. The predicted molar refractivity (Wildman–Crippen MR) is 54.9 cm³/mol. The van der Waals surface area contributed by atoms with Crippen molar-refractivity contribution in [1.82, 2.24) is 16.0 Å². The summed E-state index contributed by atoms with van der Waals surface area (Å²) in [6.45, 7) is 7.49. The molecule has 0 bridgehead atoms. The molecule has 0 aliphatic heterocycles. The number of urea groups is 1. The molecule has 0 unspecified atom stereocenters. The molecule has 4 nitrogen and oxygen atoms in total. The van der Waals surface area contributed by atoms with Gasteiger partial charge in [-0.05, 0) is 32.9 Å². The summed E-state index contributed by atoms with van der Waals surface area (Å²) in [5, 5.41) is 8.72. The van der Waals surface area contributed by atoms with E-state index < -0.39 is 0 Å². The fourth-order valence-electron chi connectivity index (χ4n) is 0.940. The fraction of sp³-hybridized carbons (Fsp3) is 0.889. The van der Waals surface area contributed by atoms with E-state index in [0.29, 0.717) is 6.54 Å². The highest BCUT2D eigenvalue weighted by Gasteiger charge is 1.94. The summed E-state index contributed by atoms with van der Waals surface area (Å²) in [5.74, 6) is 0. The molecule has 0 aromatic rings. The second-order valence-electron chi connectivity index (χ2n) is 2.89. The number of carbonyl (C=O) groups excluding carboxylic acids is 1. The first-order valence-corrected chi connectivity index (χ1v) is 5.03. The lowest BCUT2D eigenvalue weighted by Crippen LogP contribution is -2.36. The van der Waals surface area contributed by atoms with Crippen LogP contribution >= 0.6 is 0 Å². The van der Waals surface area contributed by atoms with Crippen LogP contribution < -0.4 is 16.0 Å². The third kappa shape index (κ3) is 9.14. The van der Waals surface area contributed by atoms with Gasteiger partial charge in [-0.1, -0.05) is 6.92 Å². The van der Waals surface area contributed by atoms with Crippen LogP contribution in [0.1, 0.15) is 26.7 Å². The van der Waals surface area contributed by atoms with Crippen molar-refractivity contribution in [2.75, 3.05) is 26.2 Å². The normalized spacial score (nSPS) is 9.69. The van der Waals surface area contributed by atoms with Crippen molar-refractivity contribution in [3.8, 4) is 0 Å². The molecular weight excluding hydrogens is 166 g/mol. The molecule has 78 valence electrons. The Balaban J connectivity index is 3.02. The van der Waals surface area contributed by atoms with Gasteiger partial charge in [-0.15, -0.1) is 0 Å². The van der Waals surface area contributed by atoms with Crippen LogP contribution in [0.3, 0.4) is 0 Å². The van der Waals surface area contributed by atoms with E-state index in [1.807, 2.05) is 6.92 Å². The van der Waals surface area contributed by atoms with Crippen LogP contribution in [0.15, 0.2) is 0 Å². The molecule has 2 amide bonds. The molecule has 0 aliphatic carbocycles. The fourth-order valence-corrected chi connectivity index (χ4v) is 0.940. The minimum atomic E-state index is -0.0713. The van der Waals surface area contributed by atoms with Crippen LogP contribution in [-0.4, -0.2) is 32.2 Å². The minimum Gasteiger partial charge on any atom is -0.338 e. The van der Waals surface area contributed by atoms with Crippen LogP contribution in [-0.2, 0) is 0 Å². The first-order chi connectivity index (χ1) is 6.31. The number of nitrogens with one attached hydrogen (secondary N) is 3. The van der Waals surface area contributed by atoms with Gasteiger partial charge in [0.25, 0.3) is 0 Å². The minimum absolute atomic E-state index is 0.0713. The van der Waals surface area contributed by atoms with Crippen molar-refractivity contribution in [3.05, 3.63) is 0 Å². The van der Waals surface area contributed by atoms with Crippen LogP contribution in [0.4, 0.5) is 4.79 Å². The van der Waals surface area contributed by atoms with E-state index in [1.54, 1.807) is 0 Å². The lowest BCUT2D eigenvalue weighted by Gasteiger charge is -2.05. The number of hydrogen-bond donors (Lipinski definition) is 3. The van der Waals surface area contributed by atoms with Gasteiger partial charge in [0.1, 0.15) is 0 Å². The maximum atomic E-state index is 10.9. The number of carbonyl (C=O) groups is 1. The van der Waals surface area contributed by atoms with Gasteiger partial charge >= 0.3 is 6.03 Å². The topological polar surface area (TPSA) is 53.2 Å². The molecule has 0 aromatic heterocycles. The highest BCUT2D eigenvalue weighted by molar-refractivity contribution is 5.73. The molecule has 0 saturated carbocycles. The zero-order valence-electron chi connectivity index (χ0n) is 8.65. The molecule has 0 radical (unpaired) electrons. The third-order valence-electron chi connectivity index (χ3n) is 1.58. The maximum Gasteiger partial charge on any atom is 0.314 e. The molecule has 0 atom stereocenters. The summed E-state index contributed by atoms with van der Waals surface area (Å²) in [7, 11) is 0. The SMILES string of the molecule is CCCNCCCNC(=O)NCC. The van der Waals surface area contributed by atoms with E-state index in [0.717, 1.165) is 32.5 Å². The van der Waals surface area contributed by atoms with E-state index in [-0.39, 0.29) is 6.03 Å². The molecule has 0 rings (SSSR count). The molecule has 4 heteroatoms. The van der Waals surface area contributed by atoms with Crippen molar-refractivity contribution in [2.24, 2.45) is 0 Å². The van der Waals surface area contributed by atoms with Gasteiger partial charge in [-0.25, -0.2) is 4.79 Å². The zero-order chi connectivity index (χ0) is 9.94. The van der Waals surface area contributed by atoms with Gasteiger partial charge in [-0.2, -0.15) is 0 Å². The lowest BCUT2D eigenvalue weighted by molar-refractivity contribution is 0.241. The summed E-state index contributed by atoms with van der Waals surface area (Å²) in [4.78, 5) is 10.9. The largest absolute Gasteiger partial charge is 0.338 e.